The van der Waals surface area contributed by atoms with Crippen molar-refractivity contribution in [1.29, 1.82) is 0 Å². The molecule has 3 saturated carbocycles. The quantitative estimate of drug-likeness (QED) is 0.119. The number of nitrogens with zero attached hydrogens (tertiary/aromatic N) is 4. The van der Waals surface area contributed by atoms with Gasteiger partial charge in [-0.05, 0) is 89.9 Å². The standard InChI is InChI=1S/C45H56N8O6/c1-26(2)36(50-42(56)58-5)40(54)52-19-7-9-34(52)38-46-21-32(48-38)28-11-15-30(16-12-28)44-23-45(24-44,25-44)31-17-13-29(14-18-31)33-22-47-39(49-33)35-10-8-20-53(35)41(55)37(27(3)4)51-43(57)59-6/h11-18,21-22,26-27,34-37H,7-10,19-20,23-25H2,1-6H3,(H,46,48)(H,47,49)(H,50,56)(H,51,57)/t34-,35-,36?,37?,44?,45?/m0/s1. The maximum atomic E-state index is 13.6. The average Bonchev–Trinajstić information content (AvgIpc) is 4.04. The second kappa shape index (κ2) is 15.8. The molecule has 2 aromatic heterocycles. The number of hydrogen-bond acceptors (Lipinski definition) is 8. The van der Waals surface area contributed by atoms with Crippen LogP contribution < -0.4 is 10.6 Å². The van der Waals surface area contributed by atoms with Crippen molar-refractivity contribution in [2.45, 2.75) is 108 Å². The number of hydrogen-bond donors (Lipinski definition) is 4. The molecule has 2 bridgehead atoms. The Labute approximate surface area is 345 Å². The van der Waals surface area contributed by atoms with Crippen LogP contribution in [-0.2, 0) is 29.9 Å². The highest BCUT2D eigenvalue weighted by Gasteiger charge is 2.68. The van der Waals surface area contributed by atoms with E-state index >= 15 is 0 Å². The minimum atomic E-state index is -0.672. The number of rotatable bonds is 12. The van der Waals surface area contributed by atoms with Crippen LogP contribution in [0.5, 0.6) is 0 Å². The lowest BCUT2D eigenvalue weighted by Gasteiger charge is -2.71. The molecule has 2 saturated heterocycles. The Morgan fingerprint density at radius 1 is 0.644 bits per heavy atom. The second-order valence-corrected chi connectivity index (χ2v) is 17.7. The average molecular weight is 805 g/mol. The number of likely N-dealkylation sites (tertiary alicyclic amines) is 2. The minimum absolute atomic E-state index is 0.0910. The van der Waals surface area contributed by atoms with E-state index in [2.05, 4.69) is 69.1 Å². The zero-order valence-electron chi connectivity index (χ0n) is 34.8. The van der Waals surface area contributed by atoms with E-state index in [1.54, 1.807) is 0 Å². The molecule has 5 fully saturated rings. The van der Waals surface area contributed by atoms with Crippen LogP contribution in [0.3, 0.4) is 0 Å². The molecule has 4 amide bonds. The number of aromatic nitrogens is 4. The highest BCUT2D eigenvalue weighted by Crippen LogP contribution is 2.74. The summed E-state index contributed by atoms with van der Waals surface area (Å²) in [7, 11) is 2.60. The fraction of sp³-hybridized carbons (Fsp3) is 0.511. The Morgan fingerprint density at radius 2 is 1.02 bits per heavy atom. The van der Waals surface area contributed by atoms with Gasteiger partial charge in [0.25, 0.3) is 0 Å². The van der Waals surface area contributed by atoms with Crippen LogP contribution in [0.25, 0.3) is 22.5 Å². The Morgan fingerprint density at radius 3 is 1.36 bits per heavy atom. The summed E-state index contributed by atoms with van der Waals surface area (Å²) in [4.78, 5) is 71.2. The summed E-state index contributed by atoms with van der Waals surface area (Å²) in [5.41, 5.74) is 7.09. The van der Waals surface area contributed by atoms with E-state index < -0.39 is 24.3 Å². The van der Waals surface area contributed by atoms with Crippen LogP contribution in [0.15, 0.2) is 60.9 Å². The molecule has 0 spiro atoms. The first-order valence-electron chi connectivity index (χ1n) is 21.0. The van der Waals surface area contributed by atoms with Crippen LogP contribution in [0, 0.1) is 11.8 Å². The fourth-order valence-corrected chi connectivity index (χ4v) is 10.1. The molecule has 2 unspecified atom stereocenters. The SMILES string of the molecule is COC(=O)NC(C(=O)N1CCC[C@H]1c1ncc(-c2ccc(C34CC(c5ccc(-c6cnc([C@@H]7CCCN7C(=O)C(NC(=O)OC)C(C)C)[nH]6)cc5)(C3)C4)cc2)[nH]1)C(C)C. The van der Waals surface area contributed by atoms with Gasteiger partial charge in [0.15, 0.2) is 0 Å². The Bertz CT molecular complexity index is 2020. The third-order valence-electron chi connectivity index (χ3n) is 13.3. The maximum Gasteiger partial charge on any atom is 0.407 e. The number of amides is 4. The third kappa shape index (κ3) is 7.35. The molecule has 59 heavy (non-hydrogen) atoms. The van der Waals surface area contributed by atoms with Crippen molar-refractivity contribution in [1.82, 2.24) is 40.4 Å². The molecule has 4 aromatic rings. The summed E-state index contributed by atoms with van der Waals surface area (Å²) < 4.78 is 9.54. The number of imidazole rings is 2. The Kier molecular flexibility index (Phi) is 10.8. The maximum absolute atomic E-state index is 13.6. The first-order valence-corrected chi connectivity index (χ1v) is 21.0. The third-order valence-corrected chi connectivity index (χ3v) is 13.3. The number of H-pyrrole nitrogens is 2. The van der Waals surface area contributed by atoms with Gasteiger partial charge >= 0.3 is 12.2 Å². The summed E-state index contributed by atoms with van der Waals surface area (Å²) in [6.45, 7) is 8.88. The van der Waals surface area contributed by atoms with E-state index in [0.29, 0.717) is 13.1 Å². The topological polar surface area (TPSA) is 175 Å². The number of carbonyl (C=O) groups is 4. The van der Waals surface area contributed by atoms with Gasteiger partial charge in [0.1, 0.15) is 23.7 Å². The lowest BCUT2D eigenvalue weighted by atomic mass is 9.32. The van der Waals surface area contributed by atoms with Crippen LogP contribution >= 0.6 is 0 Å². The first kappa shape index (κ1) is 40.1. The van der Waals surface area contributed by atoms with E-state index in [9.17, 15) is 19.2 Å². The van der Waals surface area contributed by atoms with Crippen LogP contribution in [0.2, 0.25) is 0 Å². The number of ether oxygens (including phenoxy) is 2. The zero-order valence-corrected chi connectivity index (χ0v) is 34.8. The summed E-state index contributed by atoms with van der Waals surface area (Å²) in [6, 6.07) is 16.0. The molecule has 9 rings (SSSR count). The summed E-state index contributed by atoms with van der Waals surface area (Å²) in [5, 5.41) is 5.42. The van der Waals surface area contributed by atoms with Crippen LogP contribution in [0.1, 0.15) is 108 Å². The van der Waals surface area contributed by atoms with Gasteiger partial charge in [0.2, 0.25) is 11.8 Å². The molecule has 4 atom stereocenters. The van der Waals surface area contributed by atoms with E-state index in [1.165, 1.54) is 25.3 Å². The summed E-state index contributed by atoms with van der Waals surface area (Å²) in [6.07, 6.45) is 9.20. The number of methoxy groups -OCH3 is 2. The van der Waals surface area contributed by atoms with Crippen molar-refractivity contribution < 1.29 is 28.7 Å². The van der Waals surface area contributed by atoms with Crippen LogP contribution in [0.4, 0.5) is 9.59 Å². The van der Waals surface area contributed by atoms with Gasteiger partial charge in [-0.1, -0.05) is 76.2 Å². The van der Waals surface area contributed by atoms with Gasteiger partial charge in [-0.25, -0.2) is 19.6 Å². The smallest absolute Gasteiger partial charge is 0.407 e. The molecule has 0 radical (unpaired) electrons. The number of aromatic amines is 2. The van der Waals surface area contributed by atoms with Crippen molar-refractivity contribution in [3.05, 3.63) is 83.7 Å². The van der Waals surface area contributed by atoms with Gasteiger partial charge < -0.3 is 39.9 Å². The molecule has 4 heterocycles. The van der Waals surface area contributed by atoms with Gasteiger partial charge in [-0.2, -0.15) is 0 Å². The molecule has 5 aliphatic rings. The van der Waals surface area contributed by atoms with Gasteiger partial charge in [-0.3, -0.25) is 9.59 Å². The number of benzene rings is 2. The van der Waals surface area contributed by atoms with Crippen molar-refractivity contribution in [3.8, 4) is 22.5 Å². The van der Waals surface area contributed by atoms with E-state index in [0.717, 1.165) is 79.1 Å². The highest BCUT2D eigenvalue weighted by molar-refractivity contribution is 5.87. The van der Waals surface area contributed by atoms with E-state index in [1.807, 2.05) is 49.9 Å². The number of carbonyl (C=O) groups excluding carboxylic acids is 4. The normalized spacial score (nSPS) is 24.3. The summed E-state index contributed by atoms with van der Waals surface area (Å²) >= 11 is 0. The lowest BCUT2D eigenvalue weighted by molar-refractivity contribution is -0.136. The minimum Gasteiger partial charge on any atom is -0.453 e. The monoisotopic (exact) mass is 804 g/mol. The lowest BCUT2D eigenvalue weighted by Crippen LogP contribution is -2.67. The number of alkyl carbamates (subject to hydrolysis) is 2. The second-order valence-electron chi connectivity index (χ2n) is 17.7. The molecule has 312 valence electrons. The first-order chi connectivity index (χ1) is 28.3. The van der Waals surface area contributed by atoms with Gasteiger partial charge in [0.05, 0.1) is 50.1 Å². The van der Waals surface area contributed by atoms with Gasteiger partial charge in [-0.15, -0.1) is 0 Å². The van der Waals surface area contributed by atoms with E-state index in [-0.39, 0.29) is 46.6 Å². The molecule has 14 nitrogen and oxygen atoms in total. The highest BCUT2D eigenvalue weighted by atomic mass is 16.5. The van der Waals surface area contributed by atoms with Crippen molar-refractivity contribution >= 4 is 24.0 Å². The predicted octanol–water partition coefficient (Wildman–Crippen LogP) is 6.93. The Balaban J connectivity index is 0.879. The molecule has 4 N–H and O–H groups in total. The molecular weight excluding hydrogens is 749 g/mol. The molecular formula is C45H56N8O6. The van der Waals surface area contributed by atoms with Crippen molar-refractivity contribution in [2.24, 2.45) is 11.8 Å². The largest absolute Gasteiger partial charge is 0.453 e. The van der Waals surface area contributed by atoms with Crippen molar-refractivity contribution in [2.75, 3.05) is 27.3 Å². The predicted molar refractivity (Wildman–Crippen MR) is 221 cm³/mol. The fourth-order valence-electron chi connectivity index (χ4n) is 10.1. The molecule has 2 aliphatic heterocycles. The van der Waals surface area contributed by atoms with Crippen molar-refractivity contribution in [3.63, 3.8) is 0 Å². The number of nitrogens with one attached hydrogen (secondary N) is 4. The van der Waals surface area contributed by atoms with Gasteiger partial charge in [0, 0.05) is 13.1 Å². The molecule has 14 heteroatoms. The van der Waals surface area contributed by atoms with Crippen LogP contribution in [-0.4, -0.2) is 93.1 Å². The zero-order chi connectivity index (χ0) is 41.6. The molecule has 3 aliphatic carbocycles. The Hall–Kier alpha value is -5.66. The van der Waals surface area contributed by atoms with E-state index in [4.69, 9.17) is 19.4 Å². The summed E-state index contributed by atoms with van der Waals surface area (Å²) in [5.74, 6) is 1.09. The molecule has 2 aromatic carbocycles.